The van der Waals surface area contributed by atoms with E-state index in [-0.39, 0.29) is 0 Å². The SMILES string of the molecule is Cc1ccnc2sc(Nc3cccnc3)nc12. The summed E-state index contributed by atoms with van der Waals surface area (Å²) in [5.41, 5.74) is 3.04. The van der Waals surface area contributed by atoms with Crippen molar-refractivity contribution in [1.29, 1.82) is 0 Å². The van der Waals surface area contributed by atoms with Gasteiger partial charge < -0.3 is 5.32 Å². The van der Waals surface area contributed by atoms with Crippen molar-refractivity contribution in [3.63, 3.8) is 0 Å². The number of thiazole rings is 1. The van der Waals surface area contributed by atoms with Gasteiger partial charge in [0.05, 0.1) is 11.9 Å². The van der Waals surface area contributed by atoms with Gasteiger partial charge in [0.25, 0.3) is 0 Å². The highest BCUT2D eigenvalue weighted by atomic mass is 32.1. The molecule has 0 aliphatic carbocycles. The van der Waals surface area contributed by atoms with Gasteiger partial charge in [0.1, 0.15) is 10.3 Å². The monoisotopic (exact) mass is 242 g/mol. The molecule has 17 heavy (non-hydrogen) atoms. The summed E-state index contributed by atoms with van der Waals surface area (Å²) in [5, 5.41) is 4.07. The quantitative estimate of drug-likeness (QED) is 0.750. The number of aryl methyl sites for hydroxylation is 1. The lowest BCUT2D eigenvalue weighted by atomic mass is 10.3. The molecular weight excluding hydrogens is 232 g/mol. The minimum Gasteiger partial charge on any atom is -0.330 e. The van der Waals surface area contributed by atoms with Crippen LogP contribution < -0.4 is 5.32 Å². The number of hydrogen-bond donors (Lipinski definition) is 1. The number of nitrogens with zero attached hydrogens (tertiary/aromatic N) is 3. The zero-order chi connectivity index (χ0) is 11.7. The van der Waals surface area contributed by atoms with E-state index in [1.165, 1.54) is 0 Å². The van der Waals surface area contributed by atoms with Crippen LogP contribution in [0.4, 0.5) is 10.8 Å². The molecule has 0 aromatic carbocycles. The van der Waals surface area contributed by atoms with Gasteiger partial charge in [-0.3, -0.25) is 4.98 Å². The summed E-state index contributed by atoms with van der Waals surface area (Å²) >= 11 is 1.55. The third-order valence-electron chi connectivity index (χ3n) is 2.41. The number of hydrogen-bond acceptors (Lipinski definition) is 5. The van der Waals surface area contributed by atoms with Crippen molar-refractivity contribution < 1.29 is 0 Å². The maximum Gasteiger partial charge on any atom is 0.189 e. The fraction of sp³-hybridized carbons (Fsp3) is 0.0833. The maximum atomic E-state index is 4.52. The molecule has 0 amide bonds. The Morgan fingerprint density at radius 3 is 2.94 bits per heavy atom. The van der Waals surface area contributed by atoms with Crippen molar-refractivity contribution in [2.45, 2.75) is 6.92 Å². The predicted octanol–water partition coefficient (Wildman–Crippen LogP) is 3.14. The molecule has 0 aliphatic heterocycles. The summed E-state index contributed by atoms with van der Waals surface area (Å²) in [6, 6.07) is 5.81. The van der Waals surface area contributed by atoms with Gasteiger partial charge >= 0.3 is 0 Å². The Hall–Kier alpha value is -2.01. The Morgan fingerprint density at radius 2 is 2.18 bits per heavy atom. The molecule has 1 N–H and O–H groups in total. The van der Waals surface area contributed by atoms with E-state index in [2.05, 4.69) is 20.3 Å². The minimum atomic E-state index is 0.842. The Labute approximate surface area is 102 Å². The molecule has 4 nitrogen and oxygen atoms in total. The molecule has 84 valence electrons. The van der Waals surface area contributed by atoms with Gasteiger partial charge in [0.2, 0.25) is 0 Å². The van der Waals surface area contributed by atoms with Gasteiger partial charge in [0, 0.05) is 12.4 Å². The largest absolute Gasteiger partial charge is 0.330 e. The summed E-state index contributed by atoms with van der Waals surface area (Å²) in [7, 11) is 0. The fourth-order valence-electron chi connectivity index (χ4n) is 1.57. The number of nitrogens with one attached hydrogen (secondary N) is 1. The first kappa shape index (κ1) is 10.2. The maximum absolute atomic E-state index is 4.52. The van der Waals surface area contributed by atoms with E-state index in [9.17, 15) is 0 Å². The van der Waals surface area contributed by atoms with Crippen LogP contribution >= 0.6 is 11.3 Å². The standard InChI is InChI=1S/C12H10N4S/c1-8-4-6-14-11-10(8)16-12(17-11)15-9-3-2-5-13-7-9/h2-7H,1H3,(H,15,16). The summed E-state index contributed by atoms with van der Waals surface area (Å²) < 4.78 is 0. The lowest BCUT2D eigenvalue weighted by Gasteiger charge is -1.99. The highest BCUT2D eigenvalue weighted by Crippen LogP contribution is 2.27. The first-order valence-corrected chi connectivity index (χ1v) is 6.04. The lowest BCUT2D eigenvalue weighted by molar-refractivity contribution is 1.31. The molecule has 0 atom stereocenters. The zero-order valence-electron chi connectivity index (χ0n) is 9.21. The molecular formula is C12H10N4S. The van der Waals surface area contributed by atoms with Gasteiger partial charge in [0.15, 0.2) is 5.13 Å². The second-order valence-electron chi connectivity index (χ2n) is 3.67. The van der Waals surface area contributed by atoms with E-state index in [1.54, 1.807) is 23.7 Å². The van der Waals surface area contributed by atoms with Crippen molar-refractivity contribution in [1.82, 2.24) is 15.0 Å². The summed E-state index contributed by atoms with van der Waals surface area (Å²) in [6.07, 6.45) is 5.32. The molecule has 3 aromatic rings. The van der Waals surface area contributed by atoms with Crippen LogP contribution in [0.1, 0.15) is 5.56 Å². The molecule has 3 rings (SSSR count). The topological polar surface area (TPSA) is 50.7 Å². The van der Waals surface area contributed by atoms with Gasteiger partial charge in [-0.1, -0.05) is 11.3 Å². The zero-order valence-corrected chi connectivity index (χ0v) is 10.0. The molecule has 0 saturated heterocycles. The molecule has 0 spiro atoms. The van der Waals surface area contributed by atoms with Crippen LogP contribution in [0.15, 0.2) is 36.8 Å². The number of aromatic nitrogens is 3. The number of pyridine rings is 2. The van der Waals surface area contributed by atoms with Crippen LogP contribution in [0.2, 0.25) is 0 Å². The van der Waals surface area contributed by atoms with Crippen molar-refractivity contribution in [3.8, 4) is 0 Å². The molecule has 0 aliphatic rings. The Kier molecular flexibility index (Phi) is 2.45. The number of fused-ring (bicyclic) bond motifs is 1. The van der Waals surface area contributed by atoms with Gasteiger partial charge in [-0.05, 0) is 30.7 Å². The van der Waals surface area contributed by atoms with Crippen molar-refractivity contribution in [2.75, 3.05) is 5.32 Å². The van der Waals surface area contributed by atoms with Crippen LogP contribution in [0.25, 0.3) is 10.3 Å². The smallest absolute Gasteiger partial charge is 0.189 e. The molecule has 0 unspecified atom stereocenters. The highest BCUT2D eigenvalue weighted by molar-refractivity contribution is 7.21. The van der Waals surface area contributed by atoms with Crippen LogP contribution in [0.5, 0.6) is 0 Å². The molecule has 0 fully saturated rings. The predicted molar refractivity (Wildman–Crippen MR) is 69.7 cm³/mol. The Balaban J connectivity index is 1.99. The van der Waals surface area contributed by atoms with Crippen LogP contribution in [0.3, 0.4) is 0 Å². The van der Waals surface area contributed by atoms with Crippen molar-refractivity contribution in [3.05, 3.63) is 42.4 Å². The number of anilines is 2. The normalized spacial score (nSPS) is 10.6. The van der Waals surface area contributed by atoms with Gasteiger partial charge in [-0.15, -0.1) is 0 Å². The third-order valence-corrected chi connectivity index (χ3v) is 3.29. The Morgan fingerprint density at radius 1 is 1.24 bits per heavy atom. The summed E-state index contributed by atoms with van der Waals surface area (Å²) in [5.74, 6) is 0. The second-order valence-corrected chi connectivity index (χ2v) is 4.64. The molecule has 5 heteroatoms. The van der Waals surface area contributed by atoms with Crippen LogP contribution in [-0.2, 0) is 0 Å². The average Bonchev–Trinajstić information content (AvgIpc) is 2.74. The summed E-state index contributed by atoms with van der Waals surface area (Å²) in [6.45, 7) is 2.04. The molecule has 3 heterocycles. The van der Waals surface area contributed by atoms with Crippen LogP contribution in [0, 0.1) is 6.92 Å². The lowest BCUT2D eigenvalue weighted by Crippen LogP contribution is -1.89. The van der Waals surface area contributed by atoms with E-state index >= 15 is 0 Å². The third kappa shape index (κ3) is 1.97. The highest BCUT2D eigenvalue weighted by Gasteiger charge is 2.06. The van der Waals surface area contributed by atoms with E-state index in [1.807, 2.05) is 31.3 Å². The van der Waals surface area contributed by atoms with Crippen molar-refractivity contribution >= 4 is 32.5 Å². The van der Waals surface area contributed by atoms with Crippen molar-refractivity contribution in [2.24, 2.45) is 0 Å². The van der Waals surface area contributed by atoms with E-state index in [4.69, 9.17) is 0 Å². The fourth-order valence-corrected chi connectivity index (χ4v) is 2.47. The number of rotatable bonds is 2. The average molecular weight is 242 g/mol. The first-order chi connectivity index (χ1) is 8.33. The molecule has 0 radical (unpaired) electrons. The molecule has 3 aromatic heterocycles. The van der Waals surface area contributed by atoms with E-state index < -0.39 is 0 Å². The van der Waals surface area contributed by atoms with E-state index in [0.29, 0.717) is 0 Å². The van der Waals surface area contributed by atoms with E-state index in [0.717, 1.165) is 26.7 Å². The molecule has 0 bridgehead atoms. The Bertz CT molecular complexity index is 648. The summed E-state index contributed by atoms with van der Waals surface area (Å²) in [4.78, 5) is 13.8. The minimum absolute atomic E-state index is 0.842. The first-order valence-electron chi connectivity index (χ1n) is 5.22. The second kappa shape index (κ2) is 4.10. The van der Waals surface area contributed by atoms with Crippen LogP contribution in [-0.4, -0.2) is 15.0 Å². The van der Waals surface area contributed by atoms with Gasteiger partial charge in [-0.2, -0.15) is 0 Å². The van der Waals surface area contributed by atoms with Gasteiger partial charge in [-0.25, -0.2) is 9.97 Å². The molecule has 0 saturated carbocycles.